The lowest BCUT2D eigenvalue weighted by Gasteiger charge is -2.03. The van der Waals surface area contributed by atoms with Crippen molar-refractivity contribution in [1.82, 2.24) is 15.2 Å². The molecule has 0 bridgehead atoms. The van der Waals surface area contributed by atoms with Crippen molar-refractivity contribution in [2.75, 3.05) is 5.32 Å². The normalized spacial score (nSPS) is 10.3. The number of halogens is 2. The maximum atomic E-state index is 13.2. The van der Waals surface area contributed by atoms with E-state index in [1.54, 1.807) is 13.0 Å². The number of aromatic amines is 1. The minimum absolute atomic E-state index is 0.0193. The molecule has 5 nitrogen and oxygen atoms in total. The number of hydrogen-bond acceptors (Lipinski definition) is 3. The summed E-state index contributed by atoms with van der Waals surface area (Å²) in [6.45, 7) is 1.68. The van der Waals surface area contributed by atoms with Crippen LogP contribution in [0.5, 0.6) is 0 Å². The Hall–Kier alpha value is -1.76. The van der Waals surface area contributed by atoms with Gasteiger partial charge in [-0.25, -0.2) is 9.37 Å². The predicted molar refractivity (Wildman–Crippen MR) is 63.2 cm³/mol. The quantitative estimate of drug-likeness (QED) is 0.893. The average molecular weight is 299 g/mol. The van der Waals surface area contributed by atoms with Gasteiger partial charge < -0.3 is 5.32 Å². The van der Waals surface area contributed by atoms with Gasteiger partial charge in [0.1, 0.15) is 11.6 Å². The molecular weight excluding hydrogens is 291 g/mol. The number of carbonyl (C=O) groups is 1. The zero-order chi connectivity index (χ0) is 12.4. The number of nitrogens with zero attached hydrogens (tertiary/aromatic N) is 2. The number of H-pyrrole nitrogens is 1. The molecular formula is C10H8BrFN4O. The fraction of sp³-hybridized carbons (Fsp3) is 0.100. The van der Waals surface area contributed by atoms with Crippen LogP contribution >= 0.6 is 15.9 Å². The summed E-state index contributed by atoms with van der Waals surface area (Å²) in [5.74, 6) is -0.381. The molecule has 0 saturated carbocycles. The molecule has 0 radical (unpaired) electrons. The van der Waals surface area contributed by atoms with Crippen molar-refractivity contribution in [3.63, 3.8) is 0 Å². The molecule has 0 spiro atoms. The van der Waals surface area contributed by atoms with Crippen LogP contribution in [0.4, 0.5) is 10.1 Å². The van der Waals surface area contributed by atoms with E-state index in [9.17, 15) is 9.18 Å². The Morgan fingerprint density at radius 2 is 2.29 bits per heavy atom. The lowest BCUT2D eigenvalue weighted by molar-refractivity contribution is 0.101. The first kappa shape index (κ1) is 11.7. The topological polar surface area (TPSA) is 70.7 Å². The first-order valence-corrected chi connectivity index (χ1v) is 5.51. The van der Waals surface area contributed by atoms with Crippen LogP contribution in [0.2, 0.25) is 0 Å². The van der Waals surface area contributed by atoms with Crippen LogP contribution in [0.15, 0.2) is 22.7 Å². The summed E-state index contributed by atoms with van der Waals surface area (Å²) in [5, 5.41) is 8.75. The molecule has 1 aromatic carbocycles. The van der Waals surface area contributed by atoms with Crippen molar-refractivity contribution in [3.05, 3.63) is 40.1 Å². The van der Waals surface area contributed by atoms with Crippen molar-refractivity contribution in [2.45, 2.75) is 6.92 Å². The molecule has 88 valence electrons. The summed E-state index contributed by atoms with van der Waals surface area (Å²) in [6, 6.07) is 4.29. The maximum Gasteiger partial charge on any atom is 0.295 e. The molecule has 2 N–H and O–H groups in total. The van der Waals surface area contributed by atoms with Crippen LogP contribution in [0.25, 0.3) is 0 Å². The molecule has 17 heavy (non-hydrogen) atoms. The van der Waals surface area contributed by atoms with Crippen LogP contribution in [0, 0.1) is 12.7 Å². The molecule has 1 heterocycles. The largest absolute Gasteiger partial charge is 0.319 e. The monoisotopic (exact) mass is 298 g/mol. The van der Waals surface area contributed by atoms with E-state index >= 15 is 0 Å². The molecule has 1 amide bonds. The summed E-state index contributed by atoms with van der Waals surface area (Å²) >= 11 is 3.03. The second-order valence-electron chi connectivity index (χ2n) is 3.33. The third kappa shape index (κ3) is 2.68. The van der Waals surface area contributed by atoms with Gasteiger partial charge >= 0.3 is 0 Å². The zero-order valence-corrected chi connectivity index (χ0v) is 10.4. The van der Waals surface area contributed by atoms with Gasteiger partial charge in [0.05, 0.1) is 4.47 Å². The fourth-order valence-corrected chi connectivity index (χ4v) is 1.45. The Morgan fingerprint density at radius 1 is 1.53 bits per heavy atom. The van der Waals surface area contributed by atoms with Crippen molar-refractivity contribution in [3.8, 4) is 0 Å². The number of aryl methyl sites for hydroxylation is 1. The predicted octanol–water partition coefficient (Wildman–Crippen LogP) is 2.27. The van der Waals surface area contributed by atoms with E-state index in [0.717, 1.165) is 0 Å². The van der Waals surface area contributed by atoms with E-state index in [0.29, 0.717) is 16.0 Å². The molecule has 0 saturated heterocycles. The highest BCUT2D eigenvalue weighted by Gasteiger charge is 2.11. The maximum absolute atomic E-state index is 13.2. The number of aromatic nitrogens is 3. The second kappa shape index (κ2) is 4.62. The van der Waals surface area contributed by atoms with Crippen molar-refractivity contribution < 1.29 is 9.18 Å². The van der Waals surface area contributed by atoms with E-state index < -0.39 is 11.7 Å². The van der Waals surface area contributed by atoms with Gasteiger partial charge in [-0.05, 0) is 41.1 Å². The minimum Gasteiger partial charge on any atom is -0.319 e. The van der Waals surface area contributed by atoms with Gasteiger partial charge in [-0.1, -0.05) is 0 Å². The van der Waals surface area contributed by atoms with Crippen LogP contribution in [-0.2, 0) is 0 Å². The van der Waals surface area contributed by atoms with E-state index in [-0.39, 0.29) is 5.82 Å². The van der Waals surface area contributed by atoms with E-state index in [1.807, 2.05) is 0 Å². The highest BCUT2D eigenvalue weighted by molar-refractivity contribution is 9.10. The average Bonchev–Trinajstić information content (AvgIpc) is 2.70. The number of rotatable bonds is 2. The van der Waals surface area contributed by atoms with Crippen molar-refractivity contribution >= 4 is 27.5 Å². The van der Waals surface area contributed by atoms with Gasteiger partial charge in [0.25, 0.3) is 5.91 Å². The van der Waals surface area contributed by atoms with Gasteiger partial charge in [0.2, 0.25) is 5.82 Å². The van der Waals surface area contributed by atoms with Gasteiger partial charge in [0, 0.05) is 5.69 Å². The van der Waals surface area contributed by atoms with E-state index in [4.69, 9.17) is 0 Å². The highest BCUT2D eigenvalue weighted by atomic mass is 79.9. The zero-order valence-electron chi connectivity index (χ0n) is 8.79. The van der Waals surface area contributed by atoms with E-state index in [2.05, 4.69) is 36.4 Å². The van der Waals surface area contributed by atoms with Crippen LogP contribution in [0.1, 0.15) is 16.4 Å². The lowest BCUT2D eigenvalue weighted by atomic mass is 10.3. The van der Waals surface area contributed by atoms with Crippen LogP contribution in [0.3, 0.4) is 0 Å². The molecule has 0 unspecified atom stereocenters. The Labute approximate surface area is 105 Å². The van der Waals surface area contributed by atoms with Gasteiger partial charge in [0.15, 0.2) is 0 Å². The Morgan fingerprint density at radius 3 is 2.88 bits per heavy atom. The lowest BCUT2D eigenvalue weighted by Crippen LogP contribution is -2.13. The van der Waals surface area contributed by atoms with Gasteiger partial charge in [-0.3, -0.25) is 9.89 Å². The van der Waals surface area contributed by atoms with Crippen molar-refractivity contribution in [2.24, 2.45) is 0 Å². The van der Waals surface area contributed by atoms with Crippen molar-refractivity contribution in [1.29, 1.82) is 0 Å². The molecule has 0 aliphatic rings. The Bertz CT molecular complexity index is 569. The summed E-state index contributed by atoms with van der Waals surface area (Å²) < 4.78 is 13.5. The summed E-state index contributed by atoms with van der Waals surface area (Å²) in [6.07, 6.45) is 0. The molecule has 1 aromatic heterocycles. The van der Waals surface area contributed by atoms with Crippen LogP contribution in [-0.4, -0.2) is 21.1 Å². The molecule has 7 heteroatoms. The molecule has 0 fully saturated rings. The number of anilines is 1. The smallest absolute Gasteiger partial charge is 0.295 e. The van der Waals surface area contributed by atoms with Gasteiger partial charge in [-0.15, -0.1) is 5.10 Å². The molecule has 2 rings (SSSR count). The molecule has 2 aromatic rings. The number of hydrogen-bond donors (Lipinski definition) is 2. The van der Waals surface area contributed by atoms with Crippen LogP contribution < -0.4 is 5.32 Å². The molecule has 0 aliphatic carbocycles. The molecule has 0 atom stereocenters. The SMILES string of the molecule is Cc1nc(C(=O)Nc2ccc(Br)c(F)c2)n[nH]1. The Balaban J connectivity index is 2.15. The standard InChI is InChI=1S/C10H8BrFN4O/c1-5-13-9(16-15-5)10(17)14-6-2-3-7(11)8(12)4-6/h2-4H,1H3,(H,14,17)(H,13,15,16). The number of amides is 1. The summed E-state index contributed by atoms with van der Waals surface area (Å²) in [7, 11) is 0. The second-order valence-corrected chi connectivity index (χ2v) is 4.18. The fourth-order valence-electron chi connectivity index (χ4n) is 1.21. The first-order valence-electron chi connectivity index (χ1n) is 4.71. The highest BCUT2D eigenvalue weighted by Crippen LogP contribution is 2.19. The summed E-state index contributed by atoms with van der Waals surface area (Å²) in [4.78, 5) is 15.5. The Kier molecular flexibility index (Phi) is 3.19. The minimum atomic E-state index is -0.490. The number of nitrogens with one attached hydrogen (secondary N) is 2. The third-order valence-electron chi connectivity index (χ3n) is 1.98. The first-order chi connectivity index (χ1) is 8.06. The third-order valence-corrected chi connectivity index (χ3v) is 2.62. The summed E-state index contributed by atoms with van der Waals surface area (Å²) in [5.41, 5.74) is 0.346. The van der Waals surface area contributed by atoms with E-state index in [1.165, 1.54) is 12.1 Å². The number of benzene rings is 1. The molecule has 0 aliphatic heterocycles. The number of carbonyl (C=O) groups excluding carboxylic acids is 1. The van der Waals surface area contributed by atoms with Gasteiger partial charge in [-0.2, -0.15) is 0 Å².